The van der Waals surface area contributed by atoms with Crippen LogP contribution in [0.1, 0.15) is 38.8 Å². The first-order valence-electron chi connectivity index (χ1n) is 9.42. The van der Waals surface area contributed by atoms with Crippen LogP contribution in [0.3, 0.4) is 0 Å². The monoisotopic (exact) mass is 362 g/mol. The van der Waals surface area contributed by atoms with Gasteiger partial charge >= 0.3 is 0 Å². The maximum Gasteiger partial charge on any atom is 0.0606 e. The highest BCUT2D eigenvalue weighted by Crippen LogP contribution is 2.14. The van der Waals surface area contributed by atoms with Crippen molar-refractivity contribution in [3.63, 3.8) is 0 Å². The summed E-state index contributed by atoms with van der Waals surface area (Å²) in [6.45, 7) is 13.4. The van der Waals surface area contributed by atoms with E-state index in [4.69, 9.17) is 15.9 Å². The summed E-state index contributed by atoms with van der Waals surface area (Å²) < 4.78 is 0. The zero-order valence-corrected chi connectivity index (χ0v) is 17.4. The first-order valence-corrected chi connectivity index (χ1v) is 9.42. The molecule has 0 aromatic heterocycles. The van der Waals surface area contributed by atoms with Gasteiger partial charge in [-0.1, -0.05) is 63.1 Å². The van der Waals surface area contributed by atoms with Crippen LogP contribution in [0.25, 0.3) is 0 Å². The number of nitrogen functional groups attached to an aromatic ring is 1. The zero-order chi connectivity index (χ0) is 20.4. The van der Waals surface area contributed by atoms with Gasteiger partial charge in [0.25, 0.3) is 0 Å². The van der Waals surface area contributed by atoms with Crippen molar-refractivity contribution in [3.05, 3.63) is 59.7 Å². The van der Waals surface area contributed by atoms with Crippen LogP contribution < -0.4 is 10.6 Å². The molecule has 2 aromatic carbocycles. The van der Waals surface area contributed by atoms with Crippen LogP contribution in [0.2, 0.25) is 0 Å². The van der Waals surface area contributed by atoms with E-state index >= 15 is 0 Å². The van der Waals surface area contributed by atoms with Crippen LogP contribution in [-0.2, 0) is 0 Å². The summed E-state index contributed by atoms with van der Waals surface area (Å²) in [6, 6.07) is 15.8. The SMILES string of the molecule is CC.CC.Cc1ccc(N(CCO)CCO)cc1.Cc1ccc(N)cc1. The van der Waals surface area contributed by atoms with Crippen LogP contribution in [0, 0.1) is 13.8 Å². The first kappa shape index (κ1) is 26.2. The van der Waals surface area contributed by atoms with Crippen molar-refractivity contribution in [2.75, 3.05) is 36.9 Å². The van der Waals surface area contributed by atoms with Gasteiger partial charge in [0, 0.05) is 24.5 Å². The molecular weight excluding hydrogens is 324 g/mol. The number of nitrogens with zero attached hydrogens (tertiary/aromatic N) is 1. The molecule has 2 aromatic rings. The highest BCUT2D eigenvalue weighted by molar-refractivity contribution is 5.47. The Morgan fingerprint density at radius 1 is 0.692 bits per heavy atom. The van der Waals surface area contributed by atoms with Crippen LogP contribution in [0.5, 0.6) is 0 Å². The molecule has 0 spiro atoms. The van der Waals surface area contributed by atoms with Gasteiger partial charge in [-0.2, -0.15) is 0 Å². The predicted octanol–water partition coefficient (Wildman–Crippen LogP) is 4.42. The van der Waals surface area contributed by atoms with Gasteiger partial charge < -0.3 is 20.8 Å². The lowest BCUT2D eigenvalue weighted by Crippen LogP contribution is -2.29. The molecule has 2 rings (SSSR count). The van der Waals surface area contributed by atoms with E-state index in [2.05, 4.69) is 0 Å². The molecule has 0 heterocycles. The molecule has 0 atom stereocenters. The van der Waals surface area contributed by atoms with E-state index in [9.17, 15) is 0 Å². The summed E-state index contributed by atoms with van der Waals surface area (Å²) in [5, 5.41) is 17.7. The first-order chi connectivity index (χ1) is 12.6. The van der Waals surface area contributed by atoms with E-state index in [0.717, 1.165) is 11.4 Å². The van der Waals surface area contributed by atoms with Gasteiger partial charge in [-0.3, -0.25) is 0 Å². The molecule has 4 N–H and O–H groups in total. The predicted molar refractivity (Wildman–Crippen MR) is 116 cm³/mol. The van der Waals surface area contributed by atoms with Crippen molar-refractivity contribution >= 4 is 11.4 Å². The minimum absolute atomic E-state index is 0.105. The molecule has 4 nitrogen and oxygen atoms in total. The highest BCUT2D eigenvalue weighted by Gasteiger charge is 2.03. The third-order valence-corrected chi connectivity index (χ3v) is 3.22. The van der Waals surface area contributed by atoms with E-state index in [1.807, 2.05) is 95.0 Å². The Kier molecular flexibility index (Phi) is 17.9. The van der Waals surface area contributed by atoms with E-state index in [-0.39, 0.29) is 13.2 Å². The second kappa shape index (κ2) is 17.8. The summed E-state index contributed by atoms with van der Waals surface area (Å²) in [5.41, 5.74) is 9.76. The Morgan fingerprint density at radius 2 is 1.04 bits per heavy atom. The van der Waals surface area contributed by atoms with Gasteiger partial charge in [0.1, 0.15) is 0 Å². The number of aliphatic hydroxyl groups is 2. The number of benzene rings is 2. The molecular formula is C22H38N2O2. The summed E-state index contributed by atoms with van der Waals surface area (Å²) >= 11 is 0. The van der Waals surface area contributed by atoms with Gasteiger partial charge in [0.2, 0.25) is 0 Å². The van der Waals surface area contributed by atoms with Crippen molar-refractivity contribution in [2.45, 2.75) is 41.5 Å². The van der Waals surface area contributed by atoms with Crippen LogP contribution in [-0.4, -0.2) is 36.5 Å². The molecule has 0 saturated carbocycles. The number of rotatable bonds is 5. The number of hydrogen-bond acceptors (Lipinski definition) is 4. The smallest absolute Gasteiger partial charge is 0.0606 e. The Balaban J connectivity index is 0. The number of anilines is 2. The molecule has 0 unspecified atom stereocenters. The summed E-state index contributed by atoms with van der Waals surface area (Å²) in [7, 11) is 0. The van der Waals surface area contributed by atoms with Gasteiger partial charge in [-0.15, -0.1) is 0 Å². The summed E-state index contributed by atoms with van der Waals surface area (Å²) in [5.74, 6) is 0. The summed E-state index contributed by atoms with van der Waals surface area (Å²) in [4.78, 5) is 1.96. The lowest BCUT2D eigenvalue weighted by molar-refractivity contribution is 0.281. The molecule has 0 aliphatic heterocycles. The third kappa shape index (κ3) is 12.3. The minimum atomic E-state index is 0.105. The molecule has 0 bridgehead atoms. The lowest BCUT2D eigenvalue weighted by Gasteiger charge is -2.22. The number of nitrogens with two attached hydrogens (primary N) is 1. The van der Waals surface area contributed by atoms with Gasteiger partial charge in [-0.25, -0.2) is 0 Å². The molecule has 0 aliphatic rings. The fourth-order valence-electron chi connectivity index (χ4n) is 1.93. The quantitative estimate of drug-likeness (QED) is 0.689. The summed E-state index contributed by atoms with van der Waals surface area (Å²) in [6.07, 6.45) is 0. The number of aryl methyl sites for hydroxylation is 2. The van der Waals surface area contributed by atoms with Crippen LogP contribution >= 0.6 is 0 Å². The Hall–Kier alpha value is -2.04. The normalized spacial score (nSPS) is 8.77. The standard InChI is InChI=1S/C11H17NO2.C7H9N.2C2H6/c1-10-2-4-11(5-3-10)12(6-8-13)7-9-14;1-6-2-4-7(8)5-3-6;2*1-2/h2-5,13-14H,6-9H2,1H3;2-5H,8H2,1H3;2*1-2H3. The second-order valence-electron chi connectivity index (χ2n) is 5.18. The van der Waals surface area contributed by atoms with Crippen molar-refractivity contribution in [1.29, 1.82) is 0 Å². The van der Waals surface area contributed by atoms with Gasteiger partial charge in [0.05, 0.1) is 13.2 Å². The Morgan fingerprint density at radius 3 is 1.35 bits per heavy atom. The molecule has 0 amide bonds. The van der Waals surface area contributed by atoms with Crippen LogP contribution in [0.4, 0.5) is 11.4 Å². The average Bonchev–Trinajstić information content (AvgIpc) is 2.68. The van der Waals surface area contributed by atoms with Crippen molar-refractivity contribution in [2.24, 2.45) is 0 Å². The van der Waals surface area contributed by atoms with Crippen LogP contribution in [0.15, 0.2) is 48.5 Å². The number of hydrogen-bond donors (Lipinski definition) is 3. The van der Waals surface area contributed by atoms with Crippen molar-refractivity contribution < 1.29 is 10.2 Å². The maximum absolute atomic E-state index is 8.86. The van der Waals surface area contributed by atoms with Gasteiger partial charge in [0.15, 0.2) is 0 Å². The molecule has 4 heteroatoms. The lowest BCUT2D eigenvalue weighted by atomic mass is 10.2. The van der Waals surface area contributed by atoms with Gasteiger partial charge in [-0.05, 0) is 38.1 Å². The largest absolute Gasteiger partial charge is 0.399 e. The zero-order valence-electron chi connectivity index (χ0n) is 17.4. The Labute approximate surface area is 160 Å². The molecule has 0 fully saturated rings. The topological polar surface area (TPSA) is 69.7 Å². The highest BCUT2D eigenvalue weighted by atomic mass is 16.3. The average molecular weight is 363 g/mol. The fraction of sp³-hybridized carbons (Fsp3) is 0.455. The van der Waals surface area contributed by atoms with E-state index in [1.54, 1.807) is 0 Å². The molecule has 0 saturated heterocycles. The maximum atomic E-state index is 8.86. The van der Waals surface area contributed by atoms with E-state index < -0.39 is 0 Å². The fourth-order valence-corrected chi connectivity index (χ4v) is 1.93. The van der Waals surface area contributed by atoms with E-state index in [1.165, 1.54) is 11.1 Å². The third-order valence-electron chi connectivity index (χ3n) is 3.22. The Bertz CT molecular complexity index is 498. The molecule has 148 valence electrons. The number of aliphatic hydroxyl groups excluding tert-OH is 2. The second-order valence-corrected chi connectivity index (χ2v) is 5.18. The molecule has 0 radical (unpaired) electrons. The minimum Gasteiger partial charge on any atom is -0.399 e. The molecule has 26 heavy (non-hydrogen) atoms. The van der Waals surface area contributed by atoms with Crippen molar-refractivity contribution in [3.8, 4) is 0 Å². The van der Waals surface area contributed by atoms with Crippen molar-refractivity contribution in [1.82, 2.24) is 0 Å². The molecule has 0 aliphatic carbocycles. The van der Waals surface area contributed by atoms with E-state index in [0.29, 0.717) is 13.1 Å².